The highest BCUT2D eigenvalue weighted by molar-refractivity contribution is 8.42. The van der Waals surface area contributed by atoms with Crippen LogP contribution in [-0.2, 0) is 18.0 Å². The molecule has 3 heterocycles. The number of nitrogens with two attached hydrogens (primary N) is 1. The molecule has 3 aliphatic heterocycles. The van der Waals surface area contributed by atoms with E-state index in [1.165, 1.54) is 6.07 Å². The van der Waals surface area contributed by atoms with Crippen molar-refractivity contribution < 1.29 is 33.1 Å². The van der Waals surface area contributed by atoms with E-state index in [-0.39, 0.29) is 17.3 Å². The summed E-state index contributed by atoms with van der Waals surface area (Å²) in [4.78, 5) is 45.1. The minimum Gasteiger partial charge on any atom is -0.379 e. The zero-order chi connectivity index (χ0) is 27.7. The number of hydrogen-bond donors (Lipinski definition) is 3. The van der Waals surface area contributed by atoms with Gasteiger partial charge in [0, 0.05) is 50.8 Å². The van der Waals surface area contributed by atoms with Crippen LogP contribution in [0, 0.1) is 10.1 Å². The van der Waals surface area contributed by atoms with Crippen LogP contribution in [0.1, 0.15) is 12.0 Å². The molecule has 2 aromatic rings. The Bertz CT molecular complexity index is 1340. The predicted octanol–water partition coefficient (Wildman–Crippen LogP) is 1.26. The Morgan fingerprint density at radius 3 is 2.18 bits per heavy atom. The van der Waals surface area contributed by atoms with Crippen LogP contribution in [0.4, 0.5) is 11.4 Å². The van der Waals surface area contributed by atoms with Gasteiger partial charge in [-0.05, 0) is 16.7 Å². The average Bonchev–Trinajstić information content (AvgIpc) is 3.17. The third-order valence-electron chi connectivity index (χ3n) is 6.76. The van der Waals surface area contributed by atoms with E-state index in [0.717, 1.165) is 0 Å². The molecule has 0 radical (unpaired) electrons. The van der Waals surface area contributed by atoms with Crippen molar-refractivity contribution in [3.05, 3.63) is 75.2 Å². The fourth-order valence-corrected chi connectivity index (χ4v) is 7.02. The number of piperazine rings is 1. The van der Waals surface area contributed by atoms with E-state index in [4.69, 9.17) is 14.1 Å². The van der Waals surface area contributed by atoms with Crippen LogP contribution >= 0.6 is 10.6 Å². The van der Waals surface area contributed by atoms with Gasteiger partial charge in [-0.25, -0.2) is 14.6 Å². The number of anilines is 1. The molecular formula is C25H27N5O8S. The zero-order valence-corrected chi connectivity index (χ0v) is 21.5. The third-order valence-corrected chi connectivity index (χ3v) is 9.25. The van der Waals surface area contributed by atoms with Crippen molar-refractivity contribution in [3.8, 4) is 0 Å². The summed E-state index contributed by atoms with van der Waals surface area (Å²) in [6, 6.07) is 15.6. The molecule has 1 spiro atoms. The number of hydrogen-bond acceptors (Lipinski definition) is 12. The monoisotopic (exact) mass is 557 g/mol. The van der Waals surface area contributed by atoms with Crippen LogP contribution in [0.2, 0.25) is 0 Å². The van der Waals surface area contributed by atoms with E-state index in [0.29, 0.717) is 54.6 Å². The first-order chi connectivity index (χ1) is 18.7. The predicted molar refractivity (Wildman–Crippen MR) is 143 cm³/mol. The molecule has 0 bridgehead atoms. The second-order valence-corrected chi connectivity index (χ2v) is 11.4. The lowest BCUT2D eigenvalue weighted by molar-refractivity contribution is -0.384. The summed E-state index contributed by atoms with van der Waals surface area (Å²) in [5, 5.41) is 31.3. The number of rotatable bonds is 6. The summed E-state index contributed by atoms with van der Waals surface area (Å²) in [6.07, 6.45) is -3.98. The van der Waals surface area contributed by atoms with Gasteiger partial charge in [0.25, 0.3) is 5.69 Å². The number of carbonyl (C=O) groups is 2. The number of para-hydroxylation sites is 2. The fourth-order valence-electron chi connectivity index (χ4n) is 4.71. The molecule has 13 nitrogen and oxygen atoms in total. The van der Waals surface area contributed by atoms with Crippen molar-refractivity contribution >= 4 is 44.8 Å². The van der Waals surface area contributed by atoms with E-state index in [9.17, 15) is 29.9 Å². The van der Waals surface area contributed by atoms with Gasteiger partial charge in [0.1, 0.15) is 5.69 Å². The fraction of sp³-hybridized carbons (Fsp3) is 0.320. The van der Waals surface area contributed by atoms with Crippen molar-refractivity contribution in [1.82, 2.24) is 4.90 Å². The molecule has 0 amide bonds. The highest BCUT2D eigenvalue weighted by atomic mass is 32.3. The number of aliphatic imine (C=N–C) groups is 1. The maximum atomic E-state index is 12.6. The largest absolute Gasteiger partial charge is 0.379 e. The molecule has 4 N–H and O–H groups in total. The van der Waals surface area contributed by atoms with Crippen molar-refractivity contribution in [2.75, 3.05) is 37.6 Å². The third kappa shape index (κ3) is 4.94. The lowest BCUT2D eigenvalue weighted by atomic mass is 10.1. The molecule has 5 rings (SSSR count). The number of nitro benzene ring substituents is 1. The average molecular weight is 558 g/mol. The van der Waals surface area contributed by atoms with Gasteiger partial charge in [-0.1, -0.05) is 42.5 Å². The molecule has 0 aromatic heterocycles. The van der Waals surface area contributed by atoms with Crippen LogP contribution in [-0.4, -0.2) is 82.1 Å². The molecule has 206 valence electrons. The minimum absolute atomic E-state index is 0.0501. The number of aliphatic hydroxyl groups is 2. The summed E-state index contributed by atoms with van der Waals surface area (Å²) < 4.78 is 11.1. The Kier molecular flexibility index (Phi) is 7.27. The van der Waals surface area contributed by atoms with Crippen molar-refractivity contribution in [3.63, 3.8) is 0 Å². The Labute approximate surface area is 225 Å². The van der Waals surface area contributed by atoms with Gasteiger partial charge in [0.2, 0.25) is 5.17 Å². The smallest absolute Gasteiger partial charge is 0.361 e. The summed E-state index contributed by atoms with van der Waals surface area (Å²) in [5.41, 5.74) is 7.90. The van der Waals surface area contributed by atoms with E-state index in [1.807, 2.05) is 11.0 Å². The summed E-state index contributed by atoms with van der Waals surface area (Å²) in [6.45, 7) is 2.74. The zero-order valence-electron chi connectivity index (χ0n) is 20.7. The van der Waals surface area contributed by atoms with Gasteiger partial charge in [-0.3, -0.25) is 15.0 Å². The number of nitro groups is 1. The van der Waals surface area contributed by atoms with Gasteiger partial charge in [-0.15, -0.1) is 0 Å². The Hall–Kier alpha value is -3.98. The second-order valence-electron chi connectivity index (χ2n) is 9.11. The van der Waals surface area contributed by atoms with Gasteiger partial charge >= 0.3 is 11.9 Å². The molecule has 2 atom stereocenters. The molecule has 2 aromatic carbocycles. The van der Waals surface area contributed by atoms with E-state index in [2.05, 4.69) is 9.89 Å². The number of aliphatic hydroxyl groups excluding tert-OH is 2. The van der Waals surface area contributed by atoms with Crippen molar-refractivity contribution in [1.29, 1.82) is 0 Å². The topological polar surface area (TPSA) is 181 Å². The molecule has 2 fully saturated rings. The van der Waals surface area contributed by atoms with Crippen LogP contribution in [0.15, 0.2) is 64.5 Å². The normalized spacial score (nSPS) is 27.4. The van der Waals surface area contributed by atoms with Crippen LogP contribution in [0.5, 0.6) is 0 Å². The van der Waals surface area contributed by atoms with Crippen LogP contribution in [0.3, 0.4) is 0 Å². The van der Waals surface area contributed by atoms with Gasteiger partial charge in [0.05, 0.1) is 15.5 Å². The first-order valence-corrected chi connectivity index (χ1v) is 13.7. The number of carbonyl (C=O) groups excluding carboxylic acids is 2. The molecule has 14 heteroatoms. The van der Waals surface area contributed by atoms with Gasteiger partial charge in [-0.2, -0.15) is 0 Å². The quantitative estimate of drug-likeness (QED) is 0.344. The van der Waals surface area contributed by atoms with Gasteiger partial charge < -0.3 is 29.2 Å². The highest BCUT2D eigenvalue weighted by Crippen LogP contribution is 2.65. The molecular weight excluding hydrogens is 530 g/mol. The number of amidine groups is 1. The van der Waals surface area contributed by atoms with Gasteiger partial charge in [0.15, 0.2) is 12.2 Å². The first kappa shape index (κ1) is 26.6. The molecule has 0 saturated carbocycles. The van der Waals surface area contributed by atoms with Crippen molar-refractivity contribution in [2.45, 2.75) is 18.6 Å². The maximum Gasteiger partial charge on any atom is 0.361 e. The summed E-state index contributed by atoms with van der Waals surface area (Å²) in [5.74, 6) is -2.46. The van der Waals surface area contributed by atoms with Crippen LogP contribution in [0.25, 0.3) is 5.70 Å². The molecule has 39 heavy (non-hydrogen) atoms. The Balaban J connectivity index is 1.39. The van der Waals surface area contributed by atoms with E-state index in [1.54, 1.807) is 42.5 Å². The number of benzene rings is 2. The maximum absolute atomic E-state index is 12.6. The molecule has 0 aliphatic carbocycles. The standard InChI is InChI=1S/C25H27N5O8S/c26-25-27-20(16-6-2-1-3-7-16)19(39(25)37-23(33)21(31)22(32)24(34)38-39)10-11-28-12-14-29(15-13-28)17-8-4-5-9-18(17)30(35)36/h1-9,21-22,31-32H,10-15H2,(H2,26,27). The summed E-state index contributed by atoms with van der Waals surface area (Å²) >= 11 is 0. The minimum atomic E-state index is -3.37. The highest BCUT2D eigenvalue weighted by Gasteiger charge is 2.51. The first-order valence-electron chi connectivity index (χ1n) is 12.2. The molecule has 2 unspecified atom stereocenters. The number of nitrogens with zero attached hydrogens (tertiary/aromatic N) is 4. The second kappa shape index (κ2) is 10.6. The molecule has 3 aliphatic rings. The summed E-state index contributed by atoms with van der Waals surface area (Å²) in [7, 11) is -3.37. The van der Waals surface area contributed by atoms with E-state index < -0.39 is 39.7 Å². The molecule has 2 saturated heterocycles. The Morgan fingerprint density at radius 1 is 0.974 bits per heavy atom. The lowest BCUT2D eigenvalue weighted by Crippen LogP contribution is -2.47. The SMILES string of the molecule is NC1=NC(c2ccccc2)=C(CCN2CCN(c3ccccc3[N+](=O)[O-])CC2)S12OC(=O)C(O)C(O)C(=O)O2. The van der Waals surface area contributed by atoms with E-state index >= 15 is 0 Å². The lowest BCUT2D eigenvalue weighted by Gasteiger charge is -2.39. The van der Waals surface area contributed by atoms with Crippen molar-refractivity contribution in [2.24, 2.45) is 10.7 Å². The van der Waals surface area contributed by atoms with Crippen LogP contribution < -0.4 is 10.6 Å². The Morgan fingerprint density at radius 2 is 1.56 bits per heavy atom.